The van der Waals surface area contributed by atoms with Crippen molar-refractivity contribution < 1.29 is 14.7 Å². The van der Waals surface area contributed by atoms with Gasteiger partial charge < -0.3 is 15.0 Å². The van der Waals surface area contributed by atoms with Crippen LogP contribution in [0, 0.1) is 0 Å². The first-order valence-corrected chi connectivity index (χ1v) is 9.66. The summed E-state index contributed by atoms with van der Waals surface area (Å²) in [5, 5.41) is 13.3. The zero-order valence-electron chi connectivity index (χ0n) is 15.5. The van der Waals surface area contributed by atoms with Gasteiger partial charge in [0, 0.05) is 6.04 Å². The number of pyridine rings is 1. The maximum absolute atomic E-state index is 13.1. The van der Waals surface area contributed by atoms with E-state index < -0.39 is 17.4 Å². The Kier molecular flexibility index (Phi) is 4.29. The second kappa shape index (κ2) is 6.51. The molecule has 1 aliphatic heterocycles. The second-order valence-electron chi connectivity index (χ2n) is 7.88. The van der Waals surface area contributed by atoms with Crippen molar-refractivity contribution >= 4 is 22.8 Å². The van der Waals surface area contributed by atoms with Crippen LogP contribution in [0.3, 0.4) is 0 Å². The van der Waals surface area contributed by atoms with Crippen molar-refractivity contribution in [2.75, 3.05) is 0 Å². The van der Waals surface area contributed by atoms with Gasteiger partial charge in [0.15, 0.2) is 0 Å². The highest BCUT2D eigenvalue weighted by molar-refractivity contribution is 6.00. The van der Waals surface area contributed by atoms with E-state index in [1.54, 1.807) is 10.6 Å². The van der Waals surface area contributed by atoms with Gasteiger partial charge in [-0.05, 0) is 49.6 Å². The van der Waals surface area contributed by atoms with Gasteiger partial charge in [-0.3, -0.25) is 9.59 Å². The summed E-state index contributed by atoms with van der Waals surface area (Å²) in [5.74, 6) is -1.61. The van der Waals surface area contributed by atoms with Gasteiger partial charge in [-0.25, -0.2) is 4.79 Å². The third-order valence-electron chi connectivity index (χ3n) is 6.13. The number of para-hydroxylation sites is 1. The molecule has 0 radical (unpaired) electrons. The van der Waals surface area contributed by atoms with Gasteiger partial charge in [0.25, 0.3) is 11.5 Å². The number of carbonyl (C=O) groups is 2. The van der Waals surface area contributed by atoms with Crippen LogP contribution >= 0.6 is 0 Å². The lowest BCUT2D eigenvalue weighted by Crippen LogP contribution is -2.56. The molecule has 1 saturated carbocycles. The SMILES string of the molecule is CC1CCc2cccc3cc(C(=O)NC4(C(=O)O)CCCCC4)c(=O)n1c23. The topological polar surface area (TPSA) is 88.4 Å². The Labute approximate surface area is 157 Å². The molecule has 0 spiro atoms. The monoisotopic (exact) mass is 368 g/mol. The van der Waals surface area contributed by atoms with Crippen LogP contribution in [-0.4, -0.2) is 27.1 Å². The first-order valence-electron chi connectivity index (χ1n) is 9.66. The van der Waals surface area contributed by atoms with Crippen LogP contribution in [-0.2, 0) is 11.2 Å². The molecule has 1 fully saturated rings. The Morgan fingerprint density at radius 1 is 1.22 bits per heavy atom. The molecule has 27 heavy (non-hydrogen) atoms. The van der Waals surface area contributed by atoms with E-state index in [4.69, 9.17) is 0 Å². The average Bonchev–Trinajstić information content (AvgIpc) is 2.66. The summed E-state index contributed by atoms with van der Waals surface area (Å²) in [4.78, 5) is 38.0. The summed E-state index contributed by atoms with van der Waals surface area (Å²) in [6.07, 6.45) is 5.03. The van der Waals surface area contributed by atoms with E-state index in [1.807, 2.05) is 25.1 Å². The maximum Gasteiger partial charge on any atom is 0.329 e. The fourth-order valence-corrected chi connectivity index (χ4v) is 4.58. The van der Waals surface area contributed by atoms with Crippen LogP contribution in [0.4, 0.5) is 0 Å². The predicted octanol–water partition coefficient (Wildman–Crippen LogP) is 3.03. The van der Waals surface area contributed by atoms with Crippen molar-refractivity contribution in [2.45, 2.75) is 63.5 Å². The van der Waals surface area contributed by atoms with Crippen LogP contribution in [0.15, 0.2) is 29.1 Å². The van der Waals surface area contributed by atoms with Gasteiger partial charge >= 0.3 is 5.97 Å². The van der Waals surface area contributed by atoms with E-state index in [0.717, 1.165) is 48.6 Å². The Morgan fingerprint density at radius 2 is 1.96 bits per heavy atom. The molecule has 6 nitrogen and oxygen atoms in total. The molecule has 6 heteroatoms. The van der Waals surface area contributed by atoms with Gasteiger partial charge in [0.2, 0.25) is 0 Å². The normalized spacial score (nSPS) is 21.0. The number of carboxylic acids is 1. The minimum Gasteiger partial charge on any atom is -0.480 e. The fraction of sp³-hybridized carbons (Fsp3) is 0.476. The highest BCUT2D eigenvalue weighted by Gasteiger charge is 2.41. The van der Waals surface area contributed by atoms with E-state index >= 15 is 0 Å². The number of carbonyl (C=O) groups excluding carboxylic acids is 1. The first-order chi connectivity index (χ1) is 12.9. The molecule has 142 valence electrons. The quantitative estimate of drug-likeness (QED) is 0.872. The molecule has 2 heterocycles. The molecule has 0 saturated heterocycles. The molecule has 1 aliphatic carbocycles. The summed E-state index contributed by atoms with van der Waals surface area (Å²) in [6.45, 7) is 1.98. The van der Waals surface area contributed by atoms with Gasteiger partial charge in [0.05, 0.1) is 5.52 Å². The fourth-order valence-electron chi connectivity index (χ4n) is 4.58. The second-order valence-corrected chi connectivity index (χ2v) is 7.88. The number of aryl methyl sites for hydroxylation is 1. The minimum atomic E-state index is -1.27. The third kappa shape index (κ3) is 2.83. The van der Waals surface area contributed by atoms with E-state index in [0.29, 0.717) is 12.8 Å². The average molecular weight is 368 g/mol. The van der Waals surface area contributed by atoms with Crippen molar-refractivity contribution in [1.29, 1.82) is 0 Å². The van der Waals surface area contributed by atoms with Crippen molar-refractivity contribution in [2.24, 2.45) is 0 Å². The number of hydrogen-bond acceptors (Lipinski definition) is 3. The molecule has 2 N–H and O–H groups in total. The van der Waals surface area contributed by atoms with Gasteiger partial charge in [-0.2, -0.15) is 0 Å². The molecule has 0 bridgehead atoms. The molecule has 1 atom stereocenters. The lowest BCUT2D eigenvalue weighted by Gasteiger charge is -2.34. The van der Waals surface area contributed by atoms with Gasteiger partial charge in [-0.15, -0.1) is 0 Å². The van der Waals surface area contributed by atoms with Crippen LogP contribution in [0.1, 0.15) is 67.4 Å². The Balaban J connectivity index is 1.80. The van der Waals surface area contributed by atoms with Crippen LogP contribution in [0.25, 0.3) is 10.9 Å². The van der Waals surface area contributed by atoms with Crippen LogP contribution in [0.2, 0.25) is 0 Å². The Hall–Kier alpha value is -2.63. The van der Waals surface area contributed by atoms with Crippen molar-refractivity contribution in [3.05, 3.63) is 45.7 Å². The predicted molar refractivity (Wildman–Crippen MR) is 102 cm³/mol. The first kappa shape index (κ1) is 17.8. The highest BCUT2D eigenvalue weighted by Crippen LogP contribution is 2.31. The van der Waals surface area contributed by atoms with E-state index in [9.17, 15) is 19.5 Å². The maximum atomic E-state index is 13.1. The molecule has 1 unspecified atom stereocenters. The standard InChI is InChI=1S/C21H24N2O4/c1-13-8-9-14-6-5-7-15-12-16(19(25)23(13)17(14)15)18(24)22-21(20(26)27)10-3-2-4-11-21/h5-7,12-13H,2-4,8-11H2,1H3,(H,22,24)(H,26,27). The molecular weight excluding hydrogens is 344 g/mol. The summed E-state index contributed by atoms with van der Waals surface area (Å²) < 4.78 is 1.71. The van der Waals surface area contributed by atoms with E-state index in [1.165, 1.54) is 0 Å². The molecule has 1 aromatic carbocycles. The third-order valence-corrected chi connectivity index (χ3v) is 6.13. The lowest BCUT2D eigenvalue weighted by atomic mass is 9.81. The zero-order valence-corrected chi connectivity index (χ0v) is 15.5. The summed E-state index contributed by atoms with van der Waals surface area (Å²) in [6, 6.07) is 7.47. The number of aromatic nitrogens is 1. The van der Waals surface area contributed by atoms with Crippen LogP contribution < -0.4 is 10.9 Å². The highest BCUT2D eigenvalue weighted by atomic mass is 16.4. The Bertz CT molecular complexity index is 986. The molecule has 1 aromatic heterocycles. The molecule has 4 rings (SSSR count). The number of benzene rings is 1. The summed E-state index contributed by atoms with van der Waals surface area (Å²) in [5.41, 5.74) is 0.425. The molecule has 1 amide bonds. The van der Waals surface area contributed by atoms with Gasteiger partial charge in [-0.1, -0.05) is 37.5 Å². The van der Waals surface area contributed by atoms with Crippen LogP contribution in [0.5, 0.6) is 0 Å². The van der Waals surface area contributed by atoms with Crippen molar-refractivity contribution in [3.8, 4) is 0 Å². The van der Waals surface area contributed by atoms with E-state index in [-0.39, 0.29) is 17.2 Å². The summed E-state index contributed by atoms with van der Waals surface area (Å²) >= 11 is 0. The molecule has 2 aromatic rings. The minimum absolute atomic E-state index is 0.00534. The number of rotatable bonds is 3. The molecule has 2 aliphatic rings. The van der Waals surface area contributed by atoms with Gasteiger partial charge in [0.1, 0.15) is 11.1 Å². The number of amides is 1. The molecular formula is C21H24N2O4. The summed E-state index contributed by atoms with van der Waals surface area (Å²) in [7, 11) is 0. The largest absolute Gasteiger partial charge is 0.480 e. The smallest absolute Gasteiger partial charge is 0.329 e. The zero-order chi connectivity index (χ0) is 19.2. The van der Waals surface area contributed by atoms with Crippen molar-refractivity contribution in [3.63, 3.8) is 0 Å². The number of nitrogens with zero attached hydrogens (tertiary/aromatic N) is 1. The Morgan fingerprint density at radius 3 is 2.67 bits per heavy atom. The van der Waals surface area contributed by atoms with Crippen molar-refractivity contribution in [1.82, 2.24) is 9.88 Å². The lowest BCUT2D eigenvalue weighted by molar-refractivity contribution is -0.145. The number of carboxylic acid groups (broad SMARTS) is 1. The number of nitrogens with one attached hydrogen (secondary N) is 1. The number of aliphatic carboxylic acids is 1. The van der Waals surface area contributed by atoms with E-state index in [2.05, 4.69) is 5.32 Å². The number of hydrogen-bond donors (Lipinski definition) is 2.